The van der Waals surface area contributed by atoms with Crippen LogP contribution in [0.4, 0.5) is 10.2 Å². The molecule has 1 heterocycles. The highest BCUT2D eigenvalue weighted by Gasteiger charge is 1.95. The van der Waals surface area contributed by atoms with E-state index in [-0.39, 0.29) is 12.1 Å². The molecule has 0 unspecified atom stereocenters. The minimum atomic E-state index is -0.441. The van der Waals surface area contributed by atoms with Crippen molar-refractivity contribution >= 4 is 5.82 Å². The third-order valence-corrected chi connectivity index (χ3v) is 1.59. The lowest BCUT2D eigenvalue weighted by Gasteiger charge is -2.07. The smallest absolute Gasteiger partial charge is 0.251 e. The molecule has 0 spiro atoms. The van der Waals surface area contributed by atoms with Crippen LogP contribution < -0.4 is 10.9 Å². The number of aromatic nitrogens is 1. The van der Waals surface area contributed by atoms with Crippen molar-refractivity contribution in [3.63, 3.8) is 0 Å². The number of anilines is 1. The number of hydrogen-bond donors (Lipinski definition) is 1. The molecule has 4 heteroatoms. The molecule has 0 fully saturated rings. The molecule has 0 saturated carbocycles. The van der Waals surface area contributed by atoms with Crippen LogP contribution in [0.15, 0.2) is 23.0 Å². The molecule has 0 bridgehead atoms. The van der Waals surface area contributed by atoms with Crippen molar-refractivity contribution in [2.75, 3.05) is 18.5 Å². The Bertz CT molecular complexity index is 308. The molecule has 0 aliphatic heterocycles. The summed E-state index contributed by atoms with van der Waals surface area (Å²) in [6, 6.07) is 4.83. The molecule has 3 nitrogen and oxygen atoms in total. The minimum Gasteiger partial charge on any atom is -0.369 e. The van der Waals surface area contributed by atoms with Gasteiger partial charge in [-0.1, -0.05) is 6.07 Å². The van der Waals surface area contributed by atoms with E-state index in [1.54, 1.807) is 19.2 Å². The van der Waals surface area contributed by atoms with Gasteiger partial charge >= 0.3 is 0 Å². The number of halogens is 1. The van der Waals surface area contributed by atoms with E-state index in [1.807, 2.05) is 0 Å². The van der Waals surface area contributed by atoms with Crippen molar-refractivity contribution in [3.8, 4) is 0 Å². The van der Waals surface area contributed by atoms with Crippen LogP contribution in [0.25, 0.3) is 0 Å². The quantitative estimate of drug-likeness (QED) is 0.726. The minimum absolute atomic E-state index is 0.0983. The molecule has 0 aliphatic carbocycles. The van der Waals surface area contributed by atoms with Crippen LogP contribution in [-0.2, 0) is 7.05 Å². The summed E-state index contributed by atoms with van der Waals surface area (Å²) in [5.41, 5.74) is -0.0983. The molecule has 1 aromatic rings. The maximum atomic E-state index is 11.8. The summed E-state index contributed by atoms with van der Waals surface area (Å²) in [6.07, 6.45) is 0. The van der Waals surface area contributed by atoms with Gasteiger partial charge in [-0.25, -0.2) is 4.39 Å². The Morgan fingerprint density at radius 2 is 2.33 bits per heavy atom. The highest BCUT2D eigenvalue weighted by Crippen LogP contribution is 1.99. The second kappa shape index (κ2) is 3.90. The van der Waals surface area contributed by atoms with Crippen LogP contribution in [0.5, 0.6) is 0 Å². The van der Waals surface area contributed by atoms with E-state index in [1.165, 1.54) is 10.6 Å². The first kappa shape index (κ1) is 8.77. The van der Waals surface area contributed by atoms with E-state index in [4.69, 9.17) is 0 Å². The van der Waals surface area contributed by atoms with E-state index in [9.17, 15) is 9.18 Å². The number of alkyl halides is 1. The standard InChI is InChI=1S/C8H11FN2O/c1-11-7(10-6-5-9)3-2-4-8(11)12/h2-4,10H,5-6H2,1H3. The van der Waals surface area contributed by atoms with Gasteiger partial charge in [-0.3, -0.25) is 9.36 Å². The zero-order valence-corrected chi connectivity index (χ0v) is 6.88. The Labute approximate surface area is 69.8 Å². The second-order valence-electron chi connectivity index (χ2n) is 2.42. The highest BCUT2D eigenvalue weighted by atomic mass is 19.1. The molecule has 0 aromatic carbocycles. The number of nitrogens with zero attached hydrogens (tertiary/aromatic N) is 1. The third-order valence-electron chi connectivity index (χ3n) is 1.59. The fourth-order valence-corrected chi connectivity index (χ4v) is 0.917. The molecular formula is C8H11FN2O. The largest absolute Gasteiger partial charge is 0.369 e. The molecule has 0 atom stereocenters. The summed E-state index contributed by atoms with van der Waals surface area (Å²) in [4.78, 5) is 11.0. The number of nitrogens with one attached hydrogen (secondary N) is 1. The summed E-state index contributed by atoms with van der Waals surface area (Å²) >= 11 is 0. The Hall–Kier alpha value is -1.32. The van der Waals surface area contributed by atoms with Gasteiger partial charge in [-0.05, 0) is 6.07 Å². The van der Waals surface area contributed by atoms with Crippen molar-refractivity contribution in [2.45, 2.75) is 0 Å². The summed E-state index contributed by atoms with van der Waals surface area (Å²) in [5, 5.41) is 2.79. The molecule has 1 N–H and O–H groups in total. The molecular weight excluding hydrogens is 159 g/mol. The van der Waals surface area contributed by atoms with Gasteiger partial charge in [0.1, 0.15) is 12.5 Å². The van der Waals surface area contributed by atoms with Crippen LogP contribution in [-0.4, -0.2) is 17.8 Å². The maximum Gasteiger partial charge on any atom is 0.251 e. The Balaban J connectivity index is 2.85. The fourth-order valence-electron chi connectivity index (χ4n) is 0.917. The van der Waals surface area contributed by atoms with Gasteiger partial charge < -0.3 is 5.32 Å². The van der Waals surface area contributed by atoms with Crippen molar-refractivity contribution < 1.29 is 4.39 Å². The van der Waals surface area contributed by atoms with Gasteiger partial charge in [0.05, 0.1) is 0 Å². The monoisotopic (exact) mass is 170 g/mol. The van der Waals surface area contributed by atoms with E-state index in [2.05, 4.69) is 5.32 Å². The zero-order chi connectivity index (χ0) is 8.97. The van der Waals surface area contributed by atoms with Crippen LogP contribution in [0.2, 0.25) is 0 Å². The molecule has 1 rings (SSSR count). The topological polar surface area (TPSA) is 34.0 Å². The molecule has 1 aromatic heterocycles. The highest BCUT2D eigenvalue weighted by molar-refractivity contribution is 5.34. The van der Waals surface area contributed by atoms with E-state index >= 15 is 0 Å². The summed E-state index contributed by atoms with van der Waals surface area (Å²) in [5.74, 6) is 0.639. The average molecular weight is 170 g/mol. The first-order valence-electron chi connectivity index (χ1n) is 3.71. The van der Waals surface area contributed by atoms with E-state index in [0.29, 0.717) is 5.82 Å². The predicted molar refractivity (Wildman–Crippen MR) is 46.1 cm³/mol. The molecule has 66 valence electrons. The zero-order valence-electron chi connectivity index (χ0n) is 6.88. The van der Waals surface area contributed by atoms with Gasteiger partial charge in [-0.15, -0.1) is 0 Å². The maximum absolute atomic E-state index is 11.8. The number of rotatable bonds is 3. The van der Waals surface area contributed by atoms with Crippen LogP contribution in [0, 0.1) is 0 Å². The van der Waals surface area contributed by atoms with Gasteiger partial charge in [0.25, 0.3) is 5.56 Å². The van der Waals surface area contributed by atoms with Crippen LogP contribution in [0.1, 0.15) is 0 Å². The van der Waals surface area contributed by atoms with Crippen molar-refractivity contribution in [2.24, 2.45) is 7.05 Å². The van der Waals surface area contributed by atoms with E-state index < -0.39 is 6.67 Å². The van der Waals surface area contributed by atoms with Gasteiger partial charge in [0.2, 0.25) is 0 Å². The van der Waals surface area contributed by atoms with Crippen LogP contribution in [0.3, 0.4) is 0 Å². The van der Waals surface area contributed by atoms with Crippen LogP contribution >= 0.6 is 0 Å². The summed E-state index contributed by atoms with van der Waals surface area (Å²) < 4.78 is 13.2. The lowest BCUT2D eigenvalue weighted by molar-refractivity contribution is 0.511. The SMILES string of the molecule is Cn1c(NCCF)cccc1=O. The first-order chi connectivity index (χ1) is 5.75. The Morgan fingerprint density at radius 1 is 1.58 bits per heavy atom. The Kier molecular flexibility index (Phi) is 2.85. The third kappa shape index (κ3) is 1.84. The van der Waals surface area contributed by atoms with Gasteiger partial charge in [-0.2, -0.15) is 0 Å². The molecule has 0 radical (unpaired) electrons. The average Bonchev–Trinajstić information content (AvgIpc) is 2.08. The fraction of sp³-hybridized carbons (Fsp3) is 0.375. The normalized spacial score (nSPS) is 9.83. The second-order valence-corrected chi connectivity index (χ2v) is 2.42. The molecule has 0 saturated heterocycles. The van der Waals surface area contributed by atoms with Crippen molar-refractivity contribution in [1.29, 1.82) is 0 Å². The molecule has 12 heavy (non-hydrogen) atoms. The molecule has 0 aliphatic rings. The van der Waals surface area contributed by atoms with E-state index in [0.717, 1.165) is 0 Å². The predicted octanol–water partition coefficient (Wildman–Crippen LogP) is 0.767. The lowest BCUT2D eigenvalue weighted by atomic mass is 10.4. The van der Waals surface area contributed by atoms with Crippen molar-refractivity contribution in [3.05, 3.63) is 28.6 Å². The number of hydrogen-bond acceptors (Lipinski definition) is 2. The first-order valence-corrected chi connectivity index (χ1v) is 3.71. The van der Waals surface area contributed by atoms with Crippen molar-refractivity contribution in [1.82, 2.24) is 4.57 Å². The van der Waals surface area contributed by atoms with Gasteiger partial charge in [0, 0.05) is 19.7 Å². The number of pyridine rings is 1. The lowest BCUT2D eigenvalue weighted by Crippen LogP contribution is -2.19. The molecule has 0 amide bonds. The Morgan fingerprint density at radius 3 is 3.00 bits per heavy atom. The van der Waals surface area contributed by atoms with Gasteiger partial charge in [0.15, 0.2) is 0 Å². The summed E-state index contributed by atoms with van der Waals surface area (Å²) in [6.45, 7) is -0.208. The summed E-state index contributed by atoms with van der Waals surface area (Å²) in [7, 11) is 1.64.